The van der Waals surface area contributed by atoms with Gasteiger partial charge in [0.05, 0.1) is 0 Å². The van der Waals surface area contributed by atoms with Crippen LogP contribution < -0.4 is 0 Å². The van der Waals surface area contributed by atoms with E-state index in [0.29, 0.717) is 6.10 Å². The Bertz CT molecular complexity index is 157. The molecule has 14 heavy (non-hydrogen) atoms. The lowest BCUT2D eigenvalue weighted by Gasteiger charge is -2.35. The summed E-state index contributed by atoms with van der Waals surface area (Å²) in [6.45, 7) is 4.43. The standard InChI is InChI=1S/C11H23ClOSi/c1-3-7-11(2)13-14(10-12)8-5-4-6-9-14/h11H,3-10H2,1-2H3. The van der Waals surface area contributed by atoms with Crippen molar-refractivity contribution in [1.29, 1.82) is 0 Å². The Morgan fingerprint density at radius 2 is 1.93 bits per heavy atom. The van der Waals surface area contributed by atoms with Gasteiger partial charge in [0, 0.05) is 11.6 Å². The molecule has 1 rings (SSSR count). The molecule has 0 aliphatic carbocycles. The number of rotatable bonds is 5. The van der Waals surface area contributed by atoms with Crippen molar-refractivity contribution < 1.29 is 4.43 Å². The average Bonchev–Trinajstić information content (AvgIpc) is 2.19. The van der Waals surface area contributed by atoms with Gasteiger partial charge in [-0.05, 0) is 25.4 Å². The molecule has 0 aromatic heterocycles. The third-order valence-electron chi connectivity index (χ3n) is 3.15. The zero-order valence-electron chi connectivity index (χ0n) is 9.52. The summed E-state index contributed by atoms with van der Waals surface area (Å²) in [7, 11) is -1.49. The van der Waals surface area contributed by atoms with Gasteiger partial charge in [0.15, 0.2) is 0 Å². The van der Waals surface area contributed by atoms with E-state index >= 15 is 0 Å². The molecule has 0 aromatic rings. The summed E-state index contributed by atoms with van der Waals surface area (Å²) in [6, 6.07) is 2.59. The Morgan fingerprint density at radius 3 is 2.43 bits per heavy atom. The van der Waals surface area contributed by atoms with Gasteiger partial charge in [-0.3, -0.25) is 0 Å². The summed E-state index contributed by atoms with van der Waals surface area (Å²) in [5.41, 5.74) is 0.807. The summed E-state index contributed by atoms with van der Waals surface area (Å²) in [4.78, 5) is 0. The fraction of sp³-hybridized carbons (Fsp3) is 1.00. The molecule has 0 bridgehead atoms. The Hall–Kier alpha value is 0.467. The van der Waals surface area contributed by atoms with Gasteiger partial charge in [0.25, 0.3) is 0 Å². The fourth-order valence-electron chi connectivity index (χ4n) is 2.37. The zero-order valence-corrected chi connectivity index (χ0v) is 11.3. The van der Waals surface area contributed by atoms with Crippen molar-refractivity contribution in [2.45, 2.75) is 64.1 Å². The molecule has 1 heterocycles. The molecule has 0 amide bonds. The molecule has 1 nitrogen and oxygen atoms in total. The lowest BCUT2D eigenvalue weighted by atomic mass is 10.2. The van der Waals surface area contributed by atoms with Crippen LogP contribution in [0.15, 0.2) is 0 Å². The Morgan fingerprint density at radius 1 is 1.29 bits per heavy atom. The SMILES string of the molecule is CCCC(C)O[Si]1(CCl)CCCCC1. The second-order valence-corrected chi connectivity index (χ2v) is 9.27. The minimum absolute atomic E-state index is 0.434. The van der Waals surface area contributed by atoms with E-state index in [1.165, 1.54) is 44.2 Å². The molecule has 1 fully saturated rings. The number of hydrogen-bond acceptors (Lipinski definition) is 1. The molecule has 1 atom stereocenters. The van der Waals surface area contributed by atoms with Gasteiger partial charge in [-0.2, -0.15) is 0 Å². The molecule has 1 aliphatic heterocycles. The van der Waals surface area contributed by atoms with Crippen molar-refractivity contribution in [2.24, 2.45) is 0 Å². The number of hydrogen-bond donors (Lipinski definition) is 0. The van der Waals surface area contributed by atoms with E-state index in [9.17, 15) is 0 Å². The van der Waals surface area contributed by atoms with E-state index in [1.807, 2.05) is 0 Å². The highest BCUT2D eigenvalue weighted by atomic mass is 35.5. The van der Waals surface area contributed by atoms with E-state index in [1.54, 1.807) is 0 Å². The molecule has 0 spiro atoms. The van der Waals surface area contributed by atoms with Crippen molar-refractivity contribution in [3.05, 3.63) is 0 Å². The molecule has 1 aliphatic rings. The first-order valence-electron chi connectivity index (χ1n) is 5.96. The van der Waals surface area contributed by atoms with Gasteiger partial charge in [-0.1, -0.05) is 32.6 Å². The third kappa shape index (κ3) is 3.56. The Kier molecular flexibility index (Phi) is 5.50. The summed E-state index contributed by atoms with van der Waals surface area (Å²) >= 11 is 6.12. The van der Waals surface area contributed by atoms with E-state index in [-0.39, 0.29) is 0 Å². The van der Waals surface area contributed by atoms with Crippen molar-refractivity contribution in [2.75, 3.05) is 5.50 Å². The first-order valence-corrected chi connectivity index (χ1v) is 9.02. The molecule has 0 saturated carbocycles. The van der Waals surface area contributed by atoms with Crippen LogP contribution >= 0.6 is 11.6 Å². The zero-order chi connectivity index (χ0) is 10.4. The highest BCUT2D eigenvalue weighted by Gasteiger charge is 2.36. The monoisotopic (exact) mass is 234 g/mol. The maximum Gasteiger partial charge on any atom is 0.207 e. The normalized spacial score (nSPS) is 23.4. The van der Waals surface area contributed by atoms with E-state index in [0.717, 1.165) is 5.50 Å². The van der Waals surface area contributed by atoms with Gasteiger partial charge in [0.1, 0.15) is 0 Å². The van der Waals surface area contributed by atoms with Crippen molar-refractivity contribution in [3.63, 3.8) is 0 Å². The first kappa shape index (κ1) is 12.5. The quantitative estimate of drug-likeness (QED) is 0.514. The van der Waals surface area contributed by atoms with Crippen LogP contribution in [0.4, 0.5) is 0 Å². The molecular weight excluding hydrogens is 212 g/mol. The Balaban J connectivity index is 2.42. The fourth-order valence-corrected chi connectivity index (χ4v) is 6.94. The van der Waals surface area contributed by atoms with Crippen LogP contribution in [0.3, 0.4) is 0 Å². The second kappa shape index (κ2) is 6.14. The minimum atomic E-state index is -1.49. The highest BCUT2D eigenvalue weighted by Crippen LogP contribution is 2.31. The van der Waals surface area contributed by atoms with Gasteiger partial charge in [-0.25, -0.2) is 0 Å². The predicted molar refractivity (Wildman–Crippen MR) is 65.4 cm³/mol. The molecule has 1 saturated heterocycles. The minimum Gasteiger partial charge on any atom is -0.413 e. The van der Waals surface area contributed by atoms with Gasteiger partial charge in [-0.15, -0.1) is 11.6 Å². The van der Waals surface area contributed by atoms with E-state index in [4.69, 9.17) is 16.0 Å². The van der Waals surface area contributed by atoms with Gasteiger partial charge < -0.3 is 4.43 Å². The molecule has 0 radical (unpaired) electrons. The first-order chi connectivity index (χ1) is 6.72. The molecule has 84 valence electrons. The maximum absolute atomic E-state index is 6.28. The predicted octanol–water partition coefficient (Wildman–Crippen LogP) is 4.10. The summed E-state index contributed by atoms with van der Waals surface area (Å²) in [5, 5.41) is 0. The van der Waals surface area contributed by atoms with Gasteiger partial charge in [0.2, 0.25) is 8.32 Å². The van der Waals surface area contributed by atoms with Gasteiger partial charge >= 0.3 is 0 Å². The van der Waals surface area contributed by atoms with Crippen LogP contribution in [0.25, 0.3) is 0 Å². The van der Waals surface area contributed by atoms with Crippen molar-refractivity contribution in [3.8, 4) is 0 Å². The van der Waals surface area contributed by atoms with E-state index in [2.05, 4.69) is 13.8 Å². The van der Waals surface area contributed by atoms with Crippen LogP contribution in [-0.4, -0.2) is 19.9 Å². The van der Waals surface area contributed by atoms with E-state index < -0.39 is 8.32 Å². The maximum atomic E-state index is 6.28. The molecule has 0 aromatic carbocycles. The lowest BCUT2D eigenvalue weighted by Crippen LogP contribution is -2.45. The molecule has 3 heteroatoms. The topological polar surface area (TPSA) is 9.23 Å². The van der Waals surface area contributed by atoms with Crippen molar-refractivity contribution >= 4 is 19.9 Å². The van der Waals surface area contributed by atoms with Crippen LogP contribution in [0, 0.1) is 0 Å². The Labute approximate surface area is 94.3 Å². The lowest BCUT2D eigenvalue weighted by molar-refractivity contribution is 0.192. The smallest absolute Gasteiger partial charge is 0.207 e. The number of alkyl halides is 1. The van der Waals surface area contributed by atoms with Crippen LogP contribution in [0.1, 0.15) is 46.0 Å². The van der Waals surface area contributed by atoms with Crippen LogP contribution in [0.2, 0.25) is 12.1 Å². The summed E-state index contributed by atoms with van der Waals surface area (Å²) in [6.07, 6.45) is 6.91. The molecule has 0 N–H and O–H groups in total. The average molecular weight is 235 g/mol. The third-order valence-corrected chi connectivity index (χ3v) is 8.53. The number of halogens is 1. The molecular formula is C11H23ClOSi. The van der Waals surface area contributed by atoms with Crippen molar-refractivity contribution in [1.82, 2.24) is 0 Å². The van der Waals surface area contributed by atoms with Crippen LogP contribution in [0.5, 0.6) is 0 Å². The second-order valence-electron chi connectivity index (χ2n) is 4.59. The summed E-state index contributed by atoms with van der Waals surface area (Å²) < 4.78 is 6.28. The highest BCUT2D eigenvalue weighted by molar-refractivity contribution is 6.80. The summed E-state index contributed by atoms with van der Waals surface area (Å²) in [5.74, 6) is 0. The van der Waals surface area contributed by atoms with Crippen LogP contribution in [-0.2, 0) is 4.43 Å². The largest absolute Gasteiger partial charge is 0.413 e. The molecule has 1 unspecified atom stereocenters.